The molecule has 2 nitrogen and oxygen atoms in total. The second-order valence-corrected chi connectivity index (χ2v) is 4.27. The lowest BCUT2D eigenvalue weighted by Crippen LogP contribution is -2.43. The van der Waals surface area contributed by atoms with Crippen molar-refractivity contribution >= 4 is 15.9 Å². The van der Waals surface area contributed by atoms with Gasteiger partial charge in [0.2, 0.25) is 0 Å². The molecular formula is C9H20BrNO. The minimum Gasteiger partial charge on any atom is -0.385 e. The fourth-order valence-corrected chi connectivity index (χ4v) is 1.28. The normalized spacial score (nSPS) is 12.5. The first-order chi connectivity index (χ1) is 5.54. The zero-order valence-electron chi connectivity index (χ0n) is 8.56. The average molecular weight is 238 g/mol. The molecule has 0 aliphatic carbocycles. The fourth-order valence-electron chi connectivity index (χ4n) is 0.851. The van der Waals surface area contributed by atoms with E-state index in [0.717, 1.165) is 24.9 Å². The standard InChI is InChI=1S/C9H20BrNO/c1-9(2,8-10)11(3)6-5-7-12-4/h5-8H2,1-4H3. The molecular weight excluding hydrogens is 218 g/mol. The number of rotatable bonds is 6. The van der Waals surface area contributed by atoms with Crippen molar-refractivity contribution in [2.45, 2.75) is 25.8 Å². The van der Waals surface area contributed by atoms with Crippen LogP contribution in [0.3, 0.4) is 0 Å². The molecule has 0 N–H and O–H groups in total. The molecule has 0 amide bonds. The third-order valence-corrected chi connectivity index (χ3v) is 3.57. The fraction of sp³-hybridized carbons (Fsp3) is 1.00. The van der Waals surface area contributed by atoms with Gasteiger partial charge < -0.3 is 9.64 Å². The highest BCUT2D eigenvalue weighted by Crippen LogP contribution is 2.14. The maximum absolute atomic E-state index is 5.00. The summed E-state index contributed by atoms with van der Waals surface area (Å²) in [6, 6.07) is 0. The Morgan fingerprint density at radius 1 is 1.42 bits per heavy atom. The lowest BCUT2D eigenvalue weighted by molar-refractivity contribution is 0.142. The van der Waals surface area contributed by atoms with Crippen molar-refractivity contribution in [1.29, 1.82) is 0 Å². The molecule has 0 unspecified atom stereocenters. The number of halogens is 1. The summed E-state index contributed by atoms with van der Waals surface area (Å²) in [7, 11) is 3.90. The van der Waals surface area contributed by atoms with Crippen molar-refractivity contribution < 1.29 is 4.74 Å². The van der Waals surface area contributed by atoms with Gasteiger partial charge in [0.1, 0.15) is 0 Å². The van der Waals surface area contributed by atoms with E-state index < -0.39 is 0 Å². The lowest BCUT2D eigenvalue weighted by atomic mass is 10.1. The topological polar surface area (TPSA) is 12.5 Å². The Balaban J connectivity index is 3.63. The first-order valence-corrected chi connectivity index (χ1v) is 5.43. The Morgan fingerprint density at radius 2 is 2.00 bits per heavy atom. The smallest absolute Gasteiger partial charge is 0.0474 e. The Kier molecular flexibility index (Phi) is 6.14. The molecule has 0 radical (unpaired) electrons. The largest absolute Gasteiger partial charge is 0.385 e. The van der Waals surface area contributed by atoms with Gasteiger partial charge in [0.25, 0.3) is 0 Å². The van der Waals surface area contributed by atoms with Gasteiger partial charge in [-0.1, -0.05) is 15.9 Å². The van der Waals surface area contributed by atoms with Crippen LogP contribution in [-0.2, 0) is 4.74 Å². The van der Waals surface area contributed by atoms with Crippen molar-refractivity contribution in [3.63, 3.8) is 0 Å². The van der Waals surface area contributed by atoms with Crippen LogP contribution in [0.2, 0.25) is 0 Å². The van der Waals surface area contributed by atoms with Crippen LogP contribution in [0, 0.1) is 0 Å². The van der Waals surface area contributed by atoms with Crippen LogP contribution in [0.15, 0.2) is 0 Å². The summed E-state index contributed by atoms with van der Waals surface area (Å²) in [5.74, 6) is 0. The zero-order chi connectivity index (χ0) is 9.61. The highest BCUT2D eigenvalue weighted by atomic mass is 79.9. The molecule has 0 atom stereocenters. The van der Waals surface area contributed by atoms with E-state index in [1.165, 1.54) is 0 Å². The molecule has 0 aromatic carbocycles. The molecule has 0 spiro atoms. The van der Waals surface area contributed by atoms with Crippen LogP contribution in [-0.4, -0.2) is 43.1 Å². The first kappa shape index (κ1) is 12.4. The van der Waals surface area contributed by atoms with E-state index in [1.807, 2.05) is 0 Å². The third kappa shape index (κ3) is 4.43. The molecule has 0 aliphatic rings. The van der Waals surface area contributed by atoms with Crippen molar-refractivity contribution in [3.8, 4) is 0 Å². The van der Waals surface area contributed by atoms with Crippen LogP contribution in [0.4, 0.5) is 0 Å². The molecule has 0 saturated heterocycles. The Hall–Kier alpha value is 0.400. The number of alkyl halides is 1. The lowest BCUT2D eigenvalue weighted by Gasteiger charge is -2.33. The Labute approximate surface area is 84.4 Å². The summed E-state index contributed by atoms with van der Waals surface area (Å²) < 4.78 is 5.00. The predicted octanol–water partition coefficient (Wildman–Crippen LogP) is 2.13. The second-order valence-electron chi connectivity index (χ2n) is 3.71. The summed E-state index contributed by atoms with van der Waals surface area (Å²) in [6.07, 6.45) is 1.10. The first-order valence-electron chi connectivity index (χ1n) is 4.30. The quantitative estimate of drug-likeness (QED) is 0.519. The van der Waals surface area contributed by atoms with Crippen LogP contribution >= 0.6 is 15.9 Å². The van der Waals surface area contributed by atoms with Gasteiger partial charge in [0.05, 0.1) is 0 Å². The molecule has 12 heavy (non-hydrogen) atoms. The van der Waals surface area contributed by atoms with Gasteiger partial charge in [-0.15, -0.1) is 0 Å². The Morgan fingerprint density at radius 3 is 2.42 bits per heavy atom. The maximum Gasteiger partial charge on any atom is 0.0474 e. The summed E-state index contributed by atoms with van der Waals surface area (Å²) in [5.41, 5.74) is 0.244. The third-order valence-electron chi connectivity index (χ3n) is 2.20. The van der Waals surface area contributed by atoms with Crippen molar-refractivity contribution in [2.75, 3.05) is 32.6 Å². The van der Waals surface area contributed by atoms with Gasteiger partial charge in [0.15, 0.2) is 0 Å². The van der Waals surface area contributed by atoms with Crippen molar-refractivity contribution in [1.82, 2.24) is 4.90 Å². The van der Waals surface area contributed by atoms with E-state index >= 15 is 0 Å². The number of nitrogens with zero attached hydrogens (tertiary/aromatic N) is 1. The molecule has 0 rings (SSSR count). The molecule has 74 valence electrons. The van der Waals surface area contributed by atoms with E-state index in [2.05, 4.69) is 41.7 Å². The van der Waals surface area contributed by atoms with E-state index in [9.17, 15) is 0 Å². The van der Waals surface area contributed by atoms with Gasteiger partial charge >= 0.3 is 0 Å². The number of ether oxygens (including phenoxy) is 1. The zero-order valence-corrected chi connectivity index (χ0v) is 10.1. The van der Waals surface area contributed by atoms with Crippen LogP contribution in [0.1, 0.15) is 20.3 Å². The highest BCUT2D eigenvalue weighted by Gasteiger charge is 2.20. The van der Waals surface area contributed by atoms with Gasteiger partial charge in [-0.2, -0.15) is 0 Å². The molecule has 0 aliphatic heterocycles. The average Bonchev–Trinajstić information content (AvgIpc) is 2.05. The van der Waals surface area contributed by atoms with Crippen LogP contribution in [0.25, 0.3) is 0 Å². The van der Waals surface area contributed by atoms with Crippen molar-refractivity contribution in [3.05, 3.63) is 0 Å². The van der Waals surface area contributed by atoms with E-state index in [0.29, 0.717) is 0 Å². The molecule has 0 bridgehead atoms. The van der Waals surface area contributed by atoms with Crippen molar-refractivity contribution in [2.24, 2.45) is 0 Å². The number of hydrogen-bond donors (Lipinski definition) is 0. The number of hydrogen-bond acceptors (Lipinski definition) is 2. The summed E-state index contributed by atoms with van der Waals surface area (Å²) in [5, 5.41) is 1.00. The number of methoxy groups -OCH3 is 1. The van der Waals surface area contributed by atoms with Gasteiger partial charge in [0, 0.05) is 31.1 Å². The monoisotopic (exact) mass is 237 g/mol. The molecule has 0 saturated carbocycles. The minimum atomic E-state index is 0.244. The molecule has 3 heteroatoms. The van der Waals surface area contributed by atoms with Crippen LogP contribution in [0.5, 0.6) is 0 Å². The van der Waals surface area contributed by atoms with E-state index in [-0.39, 0.29) is 5.54 Å². The summed E-state index contributed by atoms with van der Waals surface area (Å²) in [4.78, 5) is 2.35. The predicted molar refractivity (Wildman–Crippen MR) is 57.0 cm³/mol. The minimum absolute atomic E-state index is 0.244. The van der Waals surface area contributed by atoms with Gasteiger partial charge in [-0.3, -0.25) is 0 Å². The van der Waals surface area contributed by atoms with Gasteiger partial charge in [-0.25, -0.2) is 0 Å². The van der Waals surface area contributed by atoms with Crippen LogP contribution < -0.4 is 0 Å². The van der Waals surface area contributed by atoms with E-state index in [4.69, 9.17) is 4.74 Å². The maximum atomic E-state index is 5.00. The summed E-state index contributed by atoms with van der Waals surface area (Å²) >= 11 is 3.51. The van der Waals surface area contributed by atoms with E-state index in [1.54, 1.807) is 7.11 Å². The molecule has 0 heterocycles. The Bertz CT molecular complexity index is 117. The molecule has 0 fully saturated rings. The highest BCUT2D eigenvalue weighted by molar-refractivity contribution is 9.09. The molecule has 0 aromatic rings. The van der Waals surface area contributed by atoms with Gasteiger partial charge in [-0.05, 0) is 27.3 Å². The second kappa shape index (κ2) is 5.95. The summed E-state index contributed by atoms with van der Waals surface area (Å²) in [6.45, 7) is 6.40. The molecule has 0 aromatic heterocycles. The SMILES string of the molecule is COCCCN(C)C(C)(C)CBr.